The van der Waals surface area contributed by atoms with Crippen molar-refractivity contribution in [3.8, 4) is 11.5 Å². The van der Waals surface area contributed by atoms with Crippen LogP contribution in [0.4, 0.5) is 4.39 Å². The van der Waals surface area contributed by atoms with Crippen molar-refractivity contribution in [2.45, 2.75) is 25.4 Å². The summed E-state index contributed by atoms with van der Waals surface area (Å²) in [6, 6.07) is 2.82. The molecule has 0 saturated carbocycles. The first-order valence-electron chi connectivity index (χ1n) is 5.73. The van der Waals surface area contributed by atoms with E-state index in [2.05, 4.69) is 0 Å². The van der Waals surface area contributed by atoms with E-state index in [-0.39, 0.29) is 18.9 Å². The predicted molar refractivity (Wildman–Crippen MR) is 65.6 cm³/mol. The summed E-state index contributed by atoms with van der Waals surface area (Å²) in [6.07, 6.45) is -0.574. The molecule has 0 radical (unpaired) electrons. The van der Waals surface area contributed by atoms with Gasteiger partial charge in [-0.3, -0.25) is 0 Å². The molecule has 5 heteroatoms. The van der Waals surface area contributed by atoms with Crippen LogP contribution in [0, 0.1) is 5.82 Å². The Morgan fingerprint density at radius 1 is 1.22 bits per heavy atom. The Balaban J connectivity index is 3.01. The van der Waals surface area contributed by atoms with Crippen molar-refractivity contribution in [3.63, 3.8) is 0 Å². The lowest BCUT2D eigenvalue weighted by atomic mass is 9.94. The summed E-state index contributed by atoms with van der Waals surface area (Å²) in [7, 11) is 2.92. The monoisotopic (exact) mass is 258 g/mol. The summed E-state index contributed by atoms with van der Waals surface area (Å²) in [5.41, 5.74) is 0.431. The molecule has 0 aliphatic rings. The van der Waals surface area contributed by atoms with E-state index >= 15 is 0 Å². The molecule has 102 valence electrons. The summed E-state index contributed by atoms with van der Waals surface area (Å²) >= 11 is 0. The third kappa shape index (κ3) is 3.34. The summed E-state index contributed by atoms with van der Waals surface area (Å²) in [6.45, 7) is 1.45. The molecule has 4 nitrogen and oxygen atoms in total. The van der Waals surface area contributed by atoms with Crippen LogP contribution in [-0.4, -0.2) is 37.1 Å². The second-order valence-corrected chi connectivity index (χ2v) is 4.20. The predicted octanol–water partition coefficient (Wildman–Crippen LogP) is 1.69. The van der Waals surface area contributed by atoms with Crippen molar-refractivity contribution in [1.82, 2.24) is 0 Å². The number of ether oxygens (including phenoxy) is 2. The van der Waals surface area contributed by atoms with Gasteiger partial charge in [-0.15, -0.1) is 0 Å². The fourth-order valence-corrected chi connectivity index (χ4v) is 1.86. The number of methoxy groups -OCH3 is 2. The van der Waals surface area contributed by atoms with Crippen LogP contribution in [0.2, 0.25) is 0 Å². The minimum atomic E-state index is -0.854. The highest BCUT2D eigenvalue weighted by atomic mass is 19.1. The second-order valence-electron chi connectivity index (χ2n) is 4.20. The zero-order valence-corrected chi connectivity index (χ0v) is 10.8. The van der Waals surface area contributed by atoms with Gasteiger partial charge in [0.1, 0.15) is 5.82 Å². The van der Waals surface area contributed by atoms with Crippen molar-refractivity contribution in [3.05, 3.63) is 23.5 Å². The van der Waals surface area contributed by atoms with Gasteiger partial charge in [-0.05, 0) is 24.0 Å². The second kappa shape index (κ2) is 6.56. The third-order valence-electron chi connectivity index (χ3n) is 2.87. The number of benzene rings is 1. The number of aliphatic hydroxyl groups is 2. The Kier molecular flexibility index (Phi) is 5.37. The van der Waals surface area contributed by atoms with Gasteiger partial charge < -0.3 is 19.7 Å². The molecule has 0 aromatic heterocycles. The van der Waals surface area contributed by atoms with Crippen LogP contribution in [0.3, 0.4) is 0 Å². The highest BCUT2D eigenvalue weighted by Gasteiger charge is 2.18. The molecule has 0 aliphatic carbocycles. The molecule has 2 atom stereocenters. The van der Waals surface area contributed by atoms with Crippen LogP contribution in [0.15, 0.2) is 12.1 Å². The van der Waals surface area contributed by atoms with Crippen LogP contribution >= 0.6 is 0 Å². The molecule has 18 heavy (non-hydrogen) atoms. The van der Waals surface area contributed by atoms with E-state index in [1.807, 2.05) is 0 Å². The van der Waals surface area contributed by atoms with Crippen molar-refractivity contribution in [2.24, 2.45) is 0 Å². The molecule has 0 saturated heterocycles. The fraction of sp³-hybridized carbons (Fsp3) is 0.538. The SMILES string of the molecule is COc1cc(F)c(C(C)CC(O)CO)cc1OC. The van der Waals surface area contributed by atoms with Crippen molar-refractivity contribution in [2.75, 3.05) is 20.8 Å². The Labute approximate surface area is 106 Å². The minimum Gasteiger partial charge on any atom is -0.493 e. The van der Waals surface area contributed by atoms with Crippen LogP contribution in [-0.2, 0) is 0 Å². The summed E-state index contributed by atoms with van der Waals surface area (Å²) in [5.74, 6) is 0.130. The molecular formula is C13H19FO4. The molecule has 0 spiro atoms. The lowest BCUT2D eigenvalue weighted by Crippen LogP contribution is -2.15. The topological polar surface area (TPSA) is 58.9 Å². The average molecular weight is 258 g/mol. The van der Waals surface area contributed by atoms with Crippen LogP contribution in [0.5, 0.6) is 11.5 Å². The largest absolute Gasteiger partial charge is 0.493 e. The lowest BCUT2D eigenvalue weighted by molar-refractivity contribution is 0.0832. The maximum absolute atomic E-state index is 13.9. The first kappa shape index (κ1) is 14.7. The van der Waals surface area contributed by atoms with Gasteiger partial charge in [-0.2, -0.15) is 0 Å². The van der Waals surface area contributed by atoms with Gasteiger partial charge in [-0.1, -0.05) is 6.92 Å². The van der Waals surface area contributed by atoms with E-state index in [9.17, 15) is 9.50 Å². The van der Waals surface area contributed by atoms with Gasteiger partial charge in [0.15, 0.2) is 11.5 Å². The Bertz CT molecular complexity index is 395. The molecular weight excluding hydrogens is 239 g/mol. The molecule has 1 aromatic rings. The maximum Gasteiger partial charge on any atom is 0.163 e. The van der Waals surface area contributed by atoms with Gasteiger partial charge in [0.05, 0.1) is 26.9 Å². The first-order chi connectivity index (χ1) is 8.53. The van der Waals surface area contributed by atoms with E-state index in [4.69, 9.17) is 14.6 Å². The van der Waals surface area contributed by atoms with E-state index in [0.29, 0.717) is 17.1 Å². The van der Waals surface area contributed by atoms with Crippen LogP contribution in [0.1, 0.15) is 24.8 Å². The minimum absolute atomic E-state index is 0.230. The van der Waals surface area contributed by atoms with Gasteiger partial charge in [0.2, 0.25) is 0 Å². The van der Waals surface area contributed by atoms with Gasteiger partial charge in [0, 0.05) is 6.07 Å². The zero-order chi connectivity index (χ0) is 13.7. The lowest BCUT2D eigenvalue weighted by Gasteiger charge is -2.18. The van der Waals surface area contributed by atoms with E-state index < -0.39 is 11.9 Å². The van der Waals surface area contributed by atoms with Crippen LogP contribution in [0.25, 0.3) is 0 Å². The first-order valence-corrected chi connectivity index (χ1v) is 5.73. The molecule has 1 aromatic carbocycles. The van der Waals surface area contributed by atoms with Gasteiger partial charge >= 0.3 is 0 Å². The van der Waals surface area contributed by atoms with E-state index in [0.717, 1.165) is 0 Å². The van der Waals surface area contributed by atoms with Gasteiger partial charge in [0.25, 0.3) is 0 Å². The van der Waals surface area contributed by atoms with E-state index in [1.54, 1.807) is 13.0 Å². The summed E-state index contributed by atoms with van der Waals surface area (Å²) in [4.78, 5) is 0. The van der Waals surface area contributed by atoms with E-state index in [1.165, 1.54) is 20.3 Å². The molecule has 0 fully saturated rings. The normalized spacial score (nSPS) is 14.1. The molecule has 2 unspecified atom stereocenters. The molecule has 0 bridgehead atoms. The van der Waals surface area contributed by atoms with Crippen LogP contribution < -0.4 is 9.47 Å². The number of aliphatic hydroxyl groups excluding tert-OH is 2. The fourth-order valence-electron chi connectivity index (χ4n) is 1.86. The number of halogens is 1. The molecule has 1 rings (SSSR count). The molecule has 0 amide bonds. The van der Waals surface area contributed by atoms with Gasteiger partial charge in [-0.25, -0.2) is 4.39 Å². The number of rotatable bonds is 6. The number of hydrogen-bond donors (Lipinski definition) is 2. The standard InChI is InChI=1S/C13H19FO4/c1-8(4-9(16)7-15)10-5-12(17-2)13(18-3)6-11(10)14/h5-6,8-9,15-16H,4,7H2,1-3H3. The molecule has 2 N–H and O–H groups in total. The highest BCUT2D eigenvalue weighted by Crippen LogP contribution is 2.34. The Morgan fingerprint density at radius 2 is 1.78 bits per heavy atom. The highest BCUT2D eigenvalue weighted by molar-refractivity contribution is 5.44. The smallest absolute Gasteiger partial charge is 0.163 e. The average Bonchev–Trinajstić information content (AvgIpc) is 2.37. The maximum atomic E-state index is 13.9. The Morgan fingerprint density at radius 3 is 2.28 bits per heavy atom. The molecule has 0 heterocycles. The zero-order valence-electron chi connectivity index (χ0n) is 10.8. The summed E-state index contributed by atoms with van der Waals surface area (Å²) < 4.78 is 24.0. The quantitative estimate of drug-likeness (QED) is 0.815. The van der Waals surface area contributed by atoms with Crippen molar-refractivity contribution >= 4 is 0 Å². The van der Waals surface area contributed by atoms with Crippen molar-refractivity contribution in [1.29, 1.82) is 0 Å². The van der Waals surface area contributed by atoms with Crippen molar-refractivity contribution < 1.29 is 24.1 Å². The third-order valence-corrected chi connectivity index (χ3v) is 2.87. The summed E-state index contributed by atoms with van der Waals surface area (Å²) in [5, 5.41) is 18.2. The number of hydrogen-bond acceptors (Lipinski definition) is 4. The molecule has 0 aliphatic heterocycles. The Hall–Kier alpha value is -1.33.